The molecule has 2 aliphatic rings. The Kier molecular flexibility index (Phi) is 7.49. The number of hydrogen-bond donors (Lipinski definition) is 1. The monoisotopic (exact) mass is 538 g/mol. The van der Waals surface area contributed by atoms with E-state index in [-0.39, 0.29) is 40.8 Å². The molecule has 1 aliphatic heterocycles. The van der Waals surface area contributed by atoms with Crippen LogP contribution in [0.4, 0.5) is 4.39 Å². The summed E-state index contributed by atoms with van der Waals surface area (Å²) >= 11 is 1.85. The maximum absolute atomic E-state index is 14.1. The Bertz CT molecular complexity index is 1490. The minimum absolute atomic E-state index is 0.0359. The van der Waals surface area contributed by atoms with Crippen molar-refractivity contribution in [3.05, 3.63) is 72.8 Å². The Morgan fingerprint density at radius 2 is 1.53 bits per heavy atom. The number of fused-ring (bicyclic) bond motifs is 1. The van der Waals surface area contributed by atoms with Crippen molar-refractivity contribution in [2.24, 2.45) is 0 Å². The van der Waals surface area contributed by atoms with Crippen molar-refractivity contribution in [1.29, 1.82) is 0 Å². The van der Waals surface area contributed by atoms with Crippen molar-refractivity contribution < 1.29 is 9.18 Å². The molecule has 0 radical (unpaired) electrons. The average molecular weight is 539 g/mol. The van der Waals surface area contributed by atoms with Crippen LogP contribution in [0.1, 0.15) is 83.2 Å². The Balaban J connectivity index is 1.41. The van der Waals surface area contributed by atoms with E-state index in [1.807, 2.05) is 39.5 Å². The molecule has 3 aromatic rings. The number of amides is 1. The third-order valence-electron chi connectivity index (χ3n) is 8.47. The zero-order chi connectivity index (χ0) is 27.1. The summed E-state index contributed by atoms with van der Waals surface area (Å²) in [5.41, 5.74) is 4.34. The van der Waals surface area contributed by atoms with Crippen LogP contribution in [0.5, 0.6) is 0 Å². The van der Waals surface area contributed by atoms with Crippen LogP contribution >= 0.6 is 11.8 Å². The number of halogens is 1. The van der Waals surface area contributed by atoms with Crippen LogP contribution in [-0.4, -0.2) is 37.6 Å². The quantitative estimate of drug-likeness (QED) is 0.510. The van der Waals surface area contributed by atoms with Crippen molar-refractivity contribution in [2.75, 3.05) is 11.5 Å². The second-order valence-corrected chi connectivity index (χ2v) is 12.0. The minimum Gasteiger partial charge on any atom is -0.349 e. The van der Waals surface area contributed by atoms with Crippen molar-refractivity contribution in [1.82, 2.24) is 19.4 Å². The van der Waals surface area contributed by atoms with Crippen LogP contribution in [0.15, 0.2) is 27.9 Å². The number of carbonyl (C=O) groups is 1. The van der Waals surface area contributed by atoms with E-state index in [9.17, 15) is 18.8 Å². The van der Waals surface area contributed by atoms with Gasteiger partial charge in [0.05, 0.1) is 11.6 Å². The molecule has 1 saturated carbocycles. The molecule has 2 fully saturated rings. The predicted molar refractivity (Wildman–Crippen MR) is 150 cm³/mol. The molecule has 0 unspecified atom stereocenters. The fourth-order valence-corrected chi connectivity index (χ4v) is 7.17. The van der Waals surface area contributed by atoms with E-state index in [1.54, 1.807) is 4.57 Å². The third-order valence-corrected chi connectivity index (χ3v) is 9.52. The second-order valence-electron chi connectivity index (χ2n) is 10.8. The number of hydrogen-bond acceptors (Lipinski definition) is 5. The zero-order valence-corrected chi connectivity index (χ0v) is 23.3. The summed E-state index contributed by atoms with van der Waals surface area (Å²) < 4.78 is 17.1. The molecule has 0 bridgehead atoms. The number of aryl methyl sites for hydroxylation is 2. The van der Waals surface area contributed by atoms with Gasteiger partial charge in [0, 0.05) is 23.7 Å². The highest BCUT2D eigenvalue weighted by atomic mass is 32.2. The normalized spacial score (nSPS) is 20.6. The van der Waals surface area contributed by atoms with E-state index in [0.717, 1.165) is 58.4 Å². The van der Waals surface area contributed by atoms with Gasteiger partial charge in [0.25, 0.3) is 11.5 Å². The summed E-state index contributed by atoms with van der Waals surface area (Å²) in [6.07, 6.45) is 5.18. The summed E-state index contributed by atoms with van der Waals surface area (Å²) in [7, 11) is 0. The lowest BCUT2D eigenvalue weighted by Crippen LogP contribution is -2.46. The van der Waals surface area contributed by atoms with Crippen LogP contribution in [0.3, 0.4) is 0 Å². The summed E-state index contributed by atoms with van der Waals surface area (Å²) in [5, 5.41) is 3.35. The molecule has 1 aliphatic carbocycles. The Morgan fingerprint density at radius 3 is 2.16 bits per heavy atom. The summed E-state index contributed by atoms with van der Waals surface area (Å²) in [6, 6.07) is 2.91. The van der Waals surface area contributed by atoms with Crippen molar-refractivity contribution in [3.8, 4) is 0 Å². The van der Waals surface area contributed by atoms with Crippen molar-refractivity contribution in [3.63, 3.8) is 0 Å². The Morgan fingerprint density at radius 1 is 0.921 bits per heavy atom. The fourth-order valence-electron chi connectivity index (χ4n) is 6.09. The molecule has 1 N–H and O–H groups in total. The first kappa shape index (κ1) is 26.7. The van der Waals surface area contributed by atoms with E-state index < -0.39 is 11.4 Å². The van der Waals surface area contributed by atoms with Gasteiger partial charge in [0.15, 0.2) is 0 Å². The lowest BCUT2D eigenvalue weighted by molar-refractivity contribution is 0.0920. The molecule has 0 spiro atoms. The summed E-state index contributed by atoms with van der Waals surface area (Å²) in [6.45, 7) is 8.00. The van der Waals surface area contributed by atoms with Crippen molar-refractivity contribution >= 4 is 28.7 Å². The highest BCUT2D eigenvalue weighted by molar-refractivity contribution is 7.99. The topological polar surface area (TPSA) is 86.0 Å². The summed E-state index contributed by atoms with van der Waals surface area (Å²) in [4.78, 5) is 44.7. The van der Waals surface area contributed by atoms with Gasteiger partial charge >= 0.3 is 5.69 Å². The maximum atomic E-state index is 14.1. The number of rotatable bonds is 4. The largest absolute Gasteiger partial charge is 0.349 e. The molecule has 202 valence electrons. The van der Waals surface area contributed by atoms with E-state index in [1.165, 1.54) is 10.6 Å². The van der Waals surface area contributed by atoms with Crippen LogP contribution < -0.4 is 16.6 Å². The second kappa shape index (κ2) is 10.7. The highest BCUT2D eigenvalue weighted by Crippen LogP contribution is 2.31. The Hall–Kier alpha value is -2.94. The molecule has 3 heterocycles. The van der Waals surface area contributed by atoms with Crippen LogP contribution in [0.25, 0.3) is 11.0 Å². The number of nitrogens with zero attached hydrogens (tertiary/aromatic N) is 3. The fraction of sp³-hybridized carbons (Fsp3) is 0.517. The molecule has 5 rings (SSSR count). The lowest BCUT2D eigenvalue weighted by Gasteiger charge is -2.32. The number of pyridine rings is 1. The molecular weight excluding hydrogens is 503 g/mol. The SMILES string of the molecule is Cc1cc(C)c(C)c(C(=O)NC2CCC(n3c(=O)c4cc(F)cnc4n(C4CCSCC4)c3=O)CC2)c1C. The number of nitrogens with one attached hydrogen (secondary N) is 1. The number of thioether (sulfide) groups is 1. The van der Waals surface area contributed by atoms with Gasteiger partial charge in [-0.3, -0.25) is 18.7 Å². The molecule has 1 saturated heterocycles. The molecule has 38 heavy (non-hydrogen) atoms. The maximum Gasteiger partial charge on any atom is 0.333 e. The molecule has 0 atom stereocenters. The molecule has 9 heteroatoms. The van der Waals surface area contributed by atoms with E-state index in [4.69, 9.17) is 0 Å². The highest BCUT2D eigenvalue weighted by Gasteiger charge is 2.30. The molecule has 1 amide bonds. The van der Waals surface area contributed by atoms with Gasteiger partial charge in [-0.2, -0.15) is 11.8 Å². The van der Waals surface area contributed by atoms with Gasteiger partial charge in [-0.05, 0) is 106 Å². The number of aromatic nitrogens is 3. The van der Waals surface area contributed by atoms with Crippen molar-refractivity contribution in [2.45, 2.75) is 84.3 Å². The van der Waals surface area contributed by atoms with Gasteiger partial charge in [-0.25, -0.2) is 14.2 Å². The smallest absolute Gasteiger partial charge is 0.333 e. The van der Waals surface area contributed by atoms with E-state index in [2.05, 4.69) is 16.4 Å². The first-order valence-electron chi connectivity index (χ1n) is 13.5. The summed E-state index contributed by atoms with van der Waals surface area (Å²) in [5.74, 6) is 1.21. The number of carbonyl (C=O) groups excluding carboxylic acids is 1. The minimum atomic E-state index is -0.589. The molecule has 1 aromatic carbocycles. The zero-order valence-electron chi connectivity index (χ0n) is 22.5. The first-order valence-corrected chi connectivity index (χ1v) is 14.6. The lowest BCUT2D eigenvalue weighted by atomic mass is 9.89. The average Bonchev–Trinajstić information content (AvgIpc) is 2.90. The van der Waals surface area contributed by atoms with E-state index in [0.29, 0.717) is 25.7 Å². The molecular formula is C29H35FN4O3S. The van der Waals surface area contributed by atoms with Gasteiger partial charge in [-0.1, -0.05) is 6.07 Å². The van der Waals surface area contributed by atoms with E-state index >= 15 is 0 Å². The first-order chi connectivity index (χ1) is 18.2. The van der Waals surface area contributed by atoms with Gasteiger partial charge in [-0.15, -0.1) is 0 Å². The third kappa shape index (κ3) is 4.81. The Labute approximate surface area is 225 Å². The van der Waals surface area contributed by atoms with Gasteiger partial charge in [0.1, 0.15) is 11.5 Å². The standard InChI is InChI=1S/C29H35FN4O3S/c1-16-13-17(2)19(4)25(18(16)3)27(35)32-21-5-7-22(8-6-21)34-28(36)24-14-20(30)15-31-26(24)33(29(34)37)23-9-11-38-12-10-23/h13-15,21-23H,5-12H2,1-4H3,(H,32,35). The van der Waals surface area contributed by atoms with Crippen LogP contribution in [0.2, 0.25) is 0 Å². The van der Waals surface area contributed by atoms with Gasteiger partial charge < -0.3 is 5.32 Å². The molecule has 7 nitrogen and oxygen atoms in total. The molecule has 2 aromatic heterocycles. The van der Waals surface area contributed by atoms with Gasteiger partial charge in [0.2, 0.25) is 0 Å². The van der Waals surface area contributed by atoms with Crippen LogP contribution in [0, 0.1) is 33.5 Å². The number of benzene rings is 1. The predicted octanol–water partition coefficient (Wildman–Crippen LogP) is 4.91. The van der Waals surface area contributed by atoms with Crippen LogP contribution in [-0.2, 0) is 0 Å².